The Kier molecular flexibility index (Phi) is 7.70. The van der Waals surface area contributed by atoms with Crippen molar-refractivity contribution in [2.75, 3.05) is 33.3 Å². The maximum atomic E-state index is 13.4. The lowest BCUT2D eigenvalue weighted by molar-refractivity contribution is -0.142. The number of carbonyl (C=O) groups is 4. The van der Waals surface area contributed by atoms with Crippen LogP contribution in [0.2, 0.25) is 0 Å². The molecule has 0 aromatic heterocycles. The van der Waals surface area contributed by atoms with Crippen molar-refractivity contribution in [3.8, 4) is 5.75 Å². The van der Waals surface area contributed by atoms with Gasteiger partial charge in [-0.15, -0.1) is 0 Å². The van der Waals surface area contributed by atoms with Crippen LogP contribution in [0, 0.1) is 5.92 Å². The summed E-state index contributed by atoms with van der Waals surface area (Å²) in [4.78, 5) is 55.4. The number of piperidine rings is 1. The van der Waals surface area contributed by atoms with Gasteiger partial charge in [0.1, 0.15) is 17.8 Å². The third-order valence-electron chi connectivity index (χ3n) is 7.15. The van der Waals surface area contributed by atoms with Crippen LogP contribution >= 0.6 is 0 Å². The van der Waals surface area contributed by atoms with Crippen molar-refractivity contribution in [1.82, 2.24) is 20.4 Å². The van der Waals surface area contributed by atoms with Crippen LogP contribution in [-0.2, 0) is 14.4 Å². The minimum Gasteiger partial charge on any atom is -0.497 e. The molecule has 4 amide bonds. The van der Waals surface area contributed by atoms with E-state index in [0.29, 0.717) is 30.8 Å². The second-order valence-corrected chi connectivity index (χ2v) is 9.36. The zero-order valence-electron chi connectivity index (χ0n) is 19.8. The Hall–Kier alpha value is -3.10. The highest BCUT2D eigenvalue weighted by atomic mass is 16.5. The van der Waals surface area contributed by atoms with Crippen molar-refractivity contribution in [2.24, 2.45) is 5.92 Å². The molecule has 1 aromatic carbocycles. The number of rotatable bonds is 5. The van der Waals surface area contributed by atoms with Gasteiger partial charge in [-0.1, -0.05) is 19.3 Å². The molecule has 34 heavy (non-hydrogen) atoms. The number of ether oxygens (including phenoxy) is 1. The van der Waals surface area contributed by atoms with Crippen molar-refractivity contribution in [3.63, 3.8) is 0 Å². The van der Waals surface area contributed by atoms with Crippen molar-refractivity contribution < 1.29 is 23.9 Å². The number of nitrogens with zero attached hydrogens (tertiary/aromatic N) is 2. The zero-order valence-corrected chi connectivity index (χ0v) is 19.8. The quantitative estimate of drug-likeness (QED) is 0.675. The van der Waals surface area contributed by atoms with Crippen molar-refractivity contribution in [2.45, 2.75) is 57.0 Å². The summed E-state index contributed by atoms with van der Waals surface area (Å²) in [7, 11) is 1.56. The summed E-state index contributed by atoms with van der Waals surface area (Å²) in [6.07, 6.45) is 6.35. The van der Waals surface area contributed by atoms with Crippen LogP contribution in [0.4, 0.5) is 0 Å². The van der Waals surface area contributed by atoms with Crippen LogP contribution in [0.1, 0.15) is 55.3 Å². The highest BCUT2D eigenvalue weighted by molar-refractivity contribution is 5.99. The first-order valence-corrected chi connectivity index (χ1v) is 12.3. The van der Waals surface area contributed by atoms with Gasteiger partial charge in [-0.25, -0.2) is 0 Å². The van der Waals surface area contributed by atoms with Crippen LogP contribution in [0.25, 0.3) is 0 Å². The molecule has 3 aliphatic rings. The first-order chi connectivity index (χ1) is 16.5. The van der Waals surface area contributed by atoms with Crippen LogP contribution in [0.3, 0.4) is 0 Å². The molecule has 0 spiro atoms. The van der Waals surface area contributed by atoms with Crippen LogP contribution in [0.15, 0.2) is 24.3 Å². The van der Waals surface area contributed by atoms with Gasteiger partial charge in [0.05, 0.1) is 13.7 Å². The predicted octanol–water partition coefficient (Wildman–Crippen LogP) is 1.32. The summed E-state index contributed by atoms with van der Waals surface area (Å²) < 4.78 is 5.18. The molecule has 2 atom stereocenters. The summed E-state index contributed by atoms with van der Waals surface area (Å²) in [6.45, 7) is 1.39. The number of nitrogens with one attached hydrogen (secondary N) is 2. The Labute approximate surface area is 200 Å². The molecule has 1 aliphatic carbocycles. The highest BCUT2D eigenvalue weighted by Crippen LogP contribution is 2.27. The van der Waals surface area contributed by atoms with E-state index >= 15 is 0 Å². The maximum absolute atomic E-state index is 13.4. The summed E-state index contributed by atoms with van der Waals surface area (Å²) in [5.74, 6) is -0.184. The zero-order chi connectivity index (χ0) is 24.1. The van der Waals surface area contributed by atoms with Gasteiger partial charge in [0.2, 0.25) is 17.7 Å². The molecule has 0 unspecified atom stereocenters. The predicted molar refractivity (Wildman–Crippen MR) is 125 cm³/mol. The van der Waals surface area contributed by atoms with Crippen LogP contribution in [-0.4, -0.2) is 78.8 Å². The SMILES string of the molecule is COc1ccc(C(=O)N2CCN(C(=O)C3CCCCC3)C[C@@H]2C(=O)N[C@@H]2CCCNC2=O)cc1. The Morgan fingerprint density at radius 3 is 2.41 bits per heavy atom. The number of hydrogen-bond donors (Lipinski definition) is 2. The molecule has 2 saturated heterocycles. The second kappa shape index (κ2) is 10.9. The molecule has 9 heteroatoms. The summed E-state index contributed by atoms with van der Waals surface area (Å²) in [6, 6.07) is 5.28. The minimum absolute atomic E-state index is 0.00887. The fourth-order valence-corrected chi connectivity index (χ4v) is 5.14. The molecule has 0 radical (unpaired) electrons. The molecule has 2 N–H and O–H groups in total. The molecule has 0 bridgehead atoms. The van der Waals surface area contributed by atoms with Crippen molar-refractivity contribution in [3.05, 3.63) is 29.8 Å². The molecule has 1 saturated carbocycles. The molecule has 2 heterocycles. The highest BCUT2D eigenvalue weighted by Gasteiger charge is 2.40. The van der Waals surface area contributed by atoms with E-state index in [4.69, 9.17) is 4.74 Å². The van der Waals surface area contributed by atoms with Gasteiger partial charge in [0, 0.05) is 31.1 Å². The third-order valence-corrected chi connectivity index (χ3v) is 7.15. The number of carbonyl (C=O) groups excluding carboxylic acids is 4. The van der Waals surface area contributed by atoms with E-state index in [1.165, 1.54) is 4.90 Å². The summed E-state index contributed by atoms with van der Waals surface area (Å²) >= 11 is 0. The molecular formula is C25H34N4O5. The molecule has 3 fully saturated rings. The van der Waals surface area contributed by atoms with Gasteiger partial charge < -0.3 is 25.2 Å². The van der Waals surface area contributed by atoms with Crippen molar-refractivity contribution >= 4 is 23.6 Å². The number of hydrogen-bond acceptors (Lipinski definition) is 5. The standard InChI is InChI=1S/C25H34N4O5/c1-34-19-11-9-18(10-12-19)25(33)29-15-14-28(24(32)17-6-3-2-4-7-17)16-21(29)23(31)27-20-8-5-13-26-22(20)30/h9-12,17,20-21H,2-8,13-16H2,1H3,(H,26,30)(H,27,31)/t20-,21-/m1/s1. The first kappa shape index (κ1) is 24.0. The van der Waals surface area contributed by atoms with Crippen LogP contribution < -0.4 is 15.4 Å². The third kappa shape index (κ3) is 5.34. The number of benzene rings is 1. The number of methoxy groups -OCH3 is 1. The second-order valence-electron chi connectivity index (χ2n) is 9.36. The largest absolute Gasteiger partial charge is 0.497 e. The van der Waals surface area contributed by atoms with Crippen LogP contribution in [0.5, 0.6) is 5.75 Å². The fraction of sp³-hybridized carbons (Fsp3) is 0.600. The lowest BCUT2D eigenvalue weighted by Gasteiger charge is -2.42. The lowest BCUT2D eigenvalue weighted by atomic mass is 9.88. The number of piperazine rings is 1. The van der Waals surface area contributed by atoms with Gasteiger partial charge in [0.15, 0.2) is 0 Å². The minimum atomic E-state index is -0.856. The maximum Gasteiger partial charge on any atom is 0.254 e. The van der Waals surface area contributed by atoms with E-state index in [1.54, 1.807) is 36.3 Å². The molecule has 2 aliphatic heterocycles. The van der Waals surface area contributed by atoms with E-state index in [-0.39, 0.29) is 36.7 Å². The smallest absolute Gasteiger partial charge is 0.254 e. The molecular weight excluding hydrogens is 436 g/mol. The Morgan fingerprint density at radius 2 is 1.74 bits per heavy atom. The van der Waals surface area contributed by atoms with Crippen molar-refractivity contribution in [1.29, 1.82) is 0 Å². The first-order valence-electron chi connectivity index (χ1n) is 12.3. The van der Waals surface area contributed by atoms with Gasteiger partial charge in [0.25, 0.3) is 5.91 Å². The van der Waals surface area contributed by atoms with E-state index in [0.717, 1.165) is 38.5 Å². The van der Waals surface area contributed by atoms with Gasteiger partial charge >= 0.3 is 0 Å². The van der Waals surface area contributed by atoms with Gasteiger partial charge in [-0.3, -0.25) is 19.2 Å². The van der Waals surface area contributed by atoms with E-state index in [2.05, 4.69) is 10.6 Å². The van der Waals surface area contributed by atoms with E-state index < -0.39 is 18.0 Å². The molecule has 9 nitrogen and oxygen atoms in total. The summed E-state index contributed by atoms with van der Waals surface area (Å²) in [5.41, 5.74) is 0.445. The fourth-order valence-electron chi connectivity index (χ4n) is 5.14. The summed E-state index contributed by atoms with van der Waals surface area (Å²) in [5, 5.41) is 5.60. The lowest BCUT2D eigenvalue weighted by Crippen LogP contribution is -2.64. The Bertz CT molecular complexity index is 912. The van der Waals surface area contributed by atoms with Gasteiger partial charge in [-0.2, -0.15) is 0 Å². The Balaban J connectivity index is 1.52. The molecule has 4 rings (SSSR count). The monoisotopic (exact) mass is 470 g/mol. The Morgan fingerprint density at radius 1 is 1.00 bits per heavy atom. The average Bonchev–Trinajstić information content (AvgIpc) is 2.89. The normalized spacial score (nSPS) is 23.7. The molecule has 1 aromatic rings. The molecule has 184 valence electrons. The topological polar surface area (TPSA) is 108 Å². The van der Waals surface area contributed by atoms with E-state index in [1.807, 2.05) is 0 Å². The number of amides is 4. The van der Waals surface area contributed by atoms with Gasteiger partial charge in [-0.05, 0) is 49.9 Å². The van der Waals surface area contributed by atoms with E-state index in [9.17, 15) is 19.2 Å². The average molecular weight is 471 g/mol.